The Hall–Kier alpha value is -6.59. The number of benzene rings is 7. The average Bonchev–Trinajstić information content (AvgIpc) is 3.81. The summed E-state index contributed by atoms with van der Waals surface area (Å²) in [6, 6.07) is 55.3. The van der Waals surface area contributed by atoms with E-state index in [9.17, 15) is 0 Å². The number of aromatic nitrogens is 3. The van der Waals surface area contributed by atoms with Crippen molar-refractivity contribution in [3.05, 3.63) is 169 Å². The molecule has 7 aromatic carbocycles. The molecule has 5 heteroatoms. The van der Waals surface area contributed by atoms with Gasteiger partial charge in [-0.1, -0.05) is 128 Å². The fourth-order valence-corrected chi connectivity index (χ4v) is 8.75. The fraction of sp³-hybridized carbons (Fsp3) is 0.122. The molecule has 258 valence electrons. The first-order valence-electron chi connectivity index (χ1n) is 18.9. The molecule has 11 rings (SSSR count). The maximum atomic E-state index is 6.57. The van der Waals surface area contributed by atoms with Crippen LogP contribution >= 0.6 is 0 Å². The predicted octanol–water partition coefficient (Wildman–Crippen LogP) is 12.4. The highest BCUT2D eigenvalue weighted by Crippen LogP contribution is 2.50. The first-order valence-corrected chi connectivity index (χ1v) is 18.9. The van der Waals surface area contributed by atoms with Crippen LogP contribution < -0.4 is 4.74 Å². The van der Waals surface area contributed by atoms with E-state index >= 15 is 0 Å². The lowest BCUT2D eigenvalue weighted by molar-refractivity contribution is 0.138. The van der Waals surface area contributed by atoms with Crippen LogP contribution in [-0.2, 0) is 0 Å². The van der Waals surface area contributed by atoms with Gasteiger partial charge in [-0.15, -0.1) is 0 Å². The molecule has 1 aliphatic carbocycles. The molecule has 1 aliphatic heterocycles. The van der Waals surface area contributed by atoms with Crippen LogP contribution in [0.4, 0.5) is 0 Å². The van der Waals surface area contributed by atoms with Crippen molar-refractivity contribution in [1.82, 2.24) is 15.0 Å². The van der Waals surface area contributed by atoms with Crippen LogP contribution in [0.3, 0.4) is 0 Å². The molecule has 0 bridgehead atoms. The first kappa shape index (κ1) is 31.0. The quantitative estimate of drug-likeness (QED) is 0.179. The topological polar surface area (TPSA) is 61.0 Å². The van der Waals surface area contributed by atoms with E-state index in [-0.39, 0.29) is 6.10 Å². The third-order valence-corrected chi connectivity index (χ3v) is 11.5. The zero-order valence-corrected chi connectivity index (χ0v) is 29.5. The summed E-state index contributed by atoms with van der Waals surface area (Å²) in [6.07, 6.45) is 3.67. The van der Waals surface area contributed by atoms with Crippen LogP contribution in [0.1, 0.15) is 42.2 Å². The number of hydrogen-bond acceptors (Lipinski definition) is 5. The lowest BCUT2D eigenvalue weighted by atomic mass is 9.74. The van der Waals surface area contributed by atoms with E-state index in [2.05, 4.69) is 127 Å². The zero-order valence-electron chi connectivity index (χ0n) is 29.5. The minimum absolute atomic E-state index is 0.175. The van der Waals surface area contributed by atoms with Gasteiger partial charge in [-0.05, 0) is 76.7 Å². The molecule has 3 heterocycles. The highest BCUT2D eigenvalue weighted by molar-refractivity contribution is 6.07. The van der Waals surface area contributed by atoms with Crippen molar-refractivity contribution in [2.45, 2.75) is 37.2 Å². The molecule has 0 spiro atoms. The SMILES string of the molecule is c1ccc(-c2nc(-c3ccc(C4CCCC5c6ccccc6OC45)cc3)nc(-c3ccc4c(c3)oc3cc(-c5ccc6ccccc6c5)ccc34)n2)cc1. The van der Waals surface area contributed by atoms with Gasteiger partial charge in [0.15, 0.2) is 17.5 Å². The van der Waals surface area contributed by atoms with Crippen molar-refractivity contribution >= 4 is 32.7 Å². The van der Waals surface area contributed by atoms with E-state index < -0.39 is 0 Å². The zero-order chi connectivity index (χ0) is 35.6. The molecule has 0 N–H and O–H groups in total. The van der Waals surface area contributed by atoms with Gasteiger partial charge in [0.1, 0.15) is 23.0 Å². The molecular formula is C49H35N3O2. The number of ether oxygens (including phenoxy) is 1. The molecule has 3 atom stereocenters. The first-order chi connectivity index (χ1) is 26.7. The van der Waals surface area contributed by atoms with Crippen LogP contribution in [0.2, 0.25) is 0 Å². The Labute approximate surface area is 313 Å². The van der Waals surface area contributed by atoms with Gasteiger partial charge < -0.3 is 9.15 Å². The summed E-state index contributed by atoms with van der Waals surface area (Å²) in [4.78, 5) is 15.1. The van der Waals surface area contributed by atoms with Crippen LogP contribution in [0.5, 0.6) is 5.75 Å². The van der Waals surface area contributed by atoms with Gasteiger partial charge in [0.25, 0.3) is 0 Å². The number of hydrogen-bond donors (Lipinski definition) is 0. The highest BCUT2D eigenvalue weighted by atomic mass is 16.5. The Balaban J connectivity index is 0.948. The Kier molecular flexibility index (Phi) is 7.19. The maximum absolute atomic E-state index is 6.57. The molecule has 5 nitrogen and oxygen atoms in total. The monoisotopic (exact) mass is 697 g/mol. The predicted molar refractivity (Wildman–Crippen MR) is 217 cm³/mol. The van der Waals surface area contributed by atoms with Gasteiger partial charge in [-0.25, -0.2) is 15.0 Å². The van der Waals surface area contributed by atoms with E-state index in [0.717, 1.165) is 61.9 Å². The Morgan fingerprint density at radius 2 is 1.02 bits per heavy atom. The molecule has 0 amide bonds. The summed E-state index contributed by atoms with van der Waals surface area (Å²) in [5, 5.41) is 4.60. The molecule has 1 saturated carbocycles. The lowest BCUT2D eigenvalue weighted by Gasteiger charge is -2.33. The number of furan rings is 1. The Morgan fingerprint density at radius 1 is 0.444 bits per heavy atom. The van der Waals surface area contributed by atoms with Crippen LogP contribution in [0, 0.1) is 0 Å². The van der Waals surface area contributed by atoms with Crippen LogP contribution in [-0.4, -0.2) is 21.1 Å². The maximum Gasteiger partial charge on any atom is 0.164 e. The Bertz CT molecular complexity index is 2860. The third-order valence-electron chi connectivity index (χ3n) is 11.5. The smallest absolute Gasteiger partial charge is 0.164 e. The average molecular weight is 698 g/mol. The van der Waals surface area contributed by atoms with Gasteiger partial charge >= 0.3 is 0 Å². The van der Waals surface area contributed by atoms with Gasteiger partial charge in [-0.2, -0.15) is 0 Å². The van der Waals surface area contributed by atoms with E-state index in [1.165, 1.54) is 34.7 Å². The summed E-state index contributed by atoms with van der Waals surface area (Å²) in [5.74, 6) is 3.73. The summed E-state index contributed by atoms with van der Waals surface area (Å²) in [5.41, 5.74) is 9.37. The fourth-order valence-electron chi connectivity index (χ4n) is 8.75. The molecular weight excluding hydrogens is 663 g/mol. The molecule has 2 aromatic heterocycles. The van der Waals surface area contributed by atoms with Crippen molar-refractivity contribution in [2.24, 2.45) is 0 Å². The summed E-state index contributed by atoms with van der Waals surface area (Å²) in [7, 11) is 0. The van der Waals surface area contributed by atoms with E-state index in [1.54, 1.807) is 0 Å². The number of fused-ring (bicyclic) bond motifs is 7. The van der Waals surface area contributed by atoms with Crippen molar-refractivity contribution in [1.29, 1.82) is 0 Å². The van der Waals surface area contributed by atoms with Crippen molar-refractivity contribution in [2.75, 3.05) is 0 Å². The lowest BCUT2D eigenvalue weighted by Crippen LogP contribution is -2.31. The van der Waals surface area contributed by atoms with Crippen molar-refractivity contribution in [3.8, 4) is 51.0 Å². The molecule has 9 aromatic rings. The standard InChI is InChI=1S/C49H35N3O2/c1-2-10-32(11-3-1)47-50-48(33-20-18-31(19-21-33)38-14-8-15-42-39-13-6-7-16-43(39)54-46(38)42)52-49(51-47)37-24-26-41-40-25-23-36(28-44(40)53-45(41)29-37)35-22-17-30-9-4-5-12-34(30)27-35/h1-7,9-13,16-29,38,42,46H,8,14-15H2. The molecule has 54 heavy (non-hydrogen) atoms. The minimum Gasteiger partial charge on any atom is -0.489 e. The van der Waals surface area contributed by atoms with Gasteiger partial charge in [0.05, 0.1) is 0 Å². The van der Waals surface area contributed by atoms with Crippen molar-refractivity contribution in [3.63, 3.8) is 0 Å². The summed E-state index contributed by atoms with van der Waals surface area (Å²) < 4.78 is 13.1. The third kappa shape index (κ3) is 5.27. The second kappa shape index (κ2) is 12.5. The minimum atomic E-state index is 0.175. The molecule has 2 aliphatic rings. The van der Waals surface area contributed by atoms with Crippen LogP contribution in [0.25, 0.3) is 78.0 Å². The number of para-hydroxylation sites is 1. The van der Waals surface area contributed by atoms with Gasteiger partial charge in [0, 0.05) is 44.9 Å². The highest BCUT2D eigenvalue weighted by Gasteiger charge is 2.42. The van der Waals surface area contributed by atoms with E-state index in [1.807, 2.05) is 30.3 Å². The second-order valence-corrected chi connectivity index (χ2v) is 14.6. The largest absolute Gasteiger partial charge is 0.489 e. The molecule has 0 saturated heterocycles. The van der Waals surface area contributed by atoms with Crippen LogP contribution in [0.15, 0.2) is 162 Å². The van der Waals surface area contributed by atoms with Gasteiger partial charge in [0.2, 0.25) is 0 Å². The van der Waals surface area contributed by atoms with Crippen molar-refractivity contribution < 1.29 is 9.15 Å². The molecule has 3 unspecified atom stereocenters. The normalized spacial score (nSPS) is 17.7. The molecule has 1 fully saturated rings. The van der Waals surface area contributed by atoms with E-state index in [0.29, 0.717) is 29.3 Å². The van der Waals surface area contributed by atoms with Gasteiger partial charge in [-0.3, -0.25) is 0 Å². The summed E-state index contributed by atoms with van der Waals surface area (Å²) in [6.45, 7) is 0. The number of nitrogens with zero attached hydrogens (tertiary/aromatic N) is 3. The Morgan fingerprint density at radius 3 is 1.81 bits per heavy atom. The van der Waals surface area contributed by atoms with E-state index in [4.69, 9.17) is 24.1 Å². The second-order valence-electron chi connectivity index (χ2n) is 14.6. The summed E-state index contributed by atoms with van der Waals surface area (Å²) >= 11 is 0. The molecule has 0 radical (unpaired) electrons. The number of rotatable bonds is 5.